The molecule has 0 spiro atoms. The quantitative estimate of drug-likeness (QED) is 0.690. The summed E-state index contributed by atoms with van der Waals surface area (Å²) in [7, 11) is 0. The maximum atomic E-state index is 12.9. The molecule has 1 atom stereocenters. The Balaban J connectivity index is 1.56. The van der Waals surface area contributed by atoms with Crippen LogP contribution < -0.4 is 10.9 Å². The van der Waals surface area contributed by atoms with Gasteiger partial charge in [0.15, 0.2) is 5.78 Å². The molecular weight excluding hydrogens is 368 g/mol. The van der Waals surface area contributed by atoms with E-state index in [0.717, 1.165) is 25.1 Å². The summed E-state index contributed by atoms with van der Waals surface area (Å²) in [5.41, 5.74) is 1.12. The van der Waals surface area contributed by atoms with Crippen LogP contribution in [0.25, 0.3) is 10.9 Å². The summed E-state index contributed by atoms with van der Waals surface area (Å²) in [5, 5.41) is 3.12. The molecule has 1 amide bonds. The van der Waals surface area contributed by atoms with Gasteiger partial charge in [0.05, 0.1) is 17.4 Å². The van der Waals surface area contributed by atoms with Crippen LogP contribution in [0.1, 0.15) is 46.4 Å². The van der Waals surface area contributed by atoms with E-state index >= 15 is 0 Å². The van der Waals surface area contributed by atoms with Crippen molar-refractivity contribution in [3.05, 3.63) is 70.0 Å². The third-order valence-electron chi connectivity index (χ3n) is 5.36. The second-order valence-electron chi connectivity index (χ2n) is 7.47. The zero-order valence-electron chi connectivity index (χ0n) is 16.2. The Morgan fingerprint density at radius 1 is 1.21 bits per heavy atom. The van der Waals surface area contributed by atoms with E-state index in [0.29, 0.717) is 34.6 Å². The van der Waals surface area contributed by atoms with Crippen LogP contribution in [-0.2, 0) is 13.0 Å². The first kappa shape index (κ1) is 19.0. The Bertz CT molecular complexity index is 1140. The van der Waals surface area contributed by atoms with Gasteiger partial charge in [0.25, 0.3) is 11.5 Å². The lowest BCUT2D eigenvalue weighted by atomic mass is 10.0. The zero-order chi connectivity index (χ0) is 20.4. The summed E-state index contributed by atoms with van der Waals surface area (Å²) >= 11 is 0. The highest BCUT2D eigenvalue weighted by molar-refractivity contribution is 6.02. The average Bonchev–Trinajstić information content (AvgIpc) is 2.94. The fourth-order valence-electron chi connectivity index (χ4n) is 3.58. The number of nitrogens with zero attached hydrogens (tertiary/aromatic N) is 3. The van der Waals surface area contributed by atoms with Crippen molar-refractivity contribution in [2.75, 3.05) is 6.54 Å². The molecule has 3 heterocycles. The molecule has 0 saturated carbocycles. The highest BCUT2D eigenvalue weighted by atomic mass is 16.2. The van der Waals surface area contributed by atoms with Crippen LogP contribution in [-0.4, -0.2) is 32.8 Å². The number of rotatable bonds is 4. The van der Waals surface area contributed by atoms with Crippen LogP contribution in [0, 0.1) is 5.92 Å². The van der Waals surface area contributed by atoms with E-state index < -0.39 is 0 Å². The Kier molecular flexibility index (Phi) is 5.20. The summed E-state index contributed by atoms with van der Waals surface area (Å²) in [6, 6.07) is 9.90. The lowest BCUT2D eigenvalue weighted by molar-refractivity contribution is 0.0902. The number of amides is 1. The van der Waals surface area contributed by atoms with Crippen LogP contribution in [0.2, 0.25) is 0 Å². The third kappa shape index (κ3) is 3.94. The van der Waals surface area contributed by atoms with E-state index in [4.69, 9.17) is 0 Å². The normalized spacial score (nSPS) is 16.1. The summed E-state index contributed by atoms with van der Waals surface area (Å²) in [5.74, 6) is 0.670. The van der Waals surface area contributed by atoms with Gasteiger partial charge in [0.2, 0.25) is 0 Å². The van der Waals surface area contributed by atoms with Crippen LogP contribution in [0.15, 0.2) is 47.4 Å². The minimum Gasteiger partial charge on any atom is -0.345 e. The van der Waals surface area contributed by atoms with Crippen molar-refractivity contribution in [1.29, 1.82) is 0 Å². The molecule has 29 heavy (non-hydrogen) atoms. The largest absolute Gasteiger partial charge is 0.345 e. The van der Waals surface area contributed by atoms with Crippen molar-refractivity contribution in [2.45, 2.75) is 32.7 Å². The van der Waals surface area contributed by atoms with E-state index in [9.17, 15) is 14.4 Å². The van der Waals surface area contributed by atoms with Gasteiger partial charge in [0.1, 0.15) is 11.5 Å². The lowest BCUT2D eigenvalue weighted by Crippen LogP contribution is -2.30. The zero-order valence-corrected chi connectivity index (χ0v) is 16.2. The Morgan fingerprint density at radius 3 is 2.86 bits per heavy atom. The highest BCUT2D eigenvalue weighted by Gasteiger charge is 2.18. The molecule has 0 bridgehead atoms. The van der Waals surface area contributed by atoms with E-state index in [1.165, 1.54) is 6.20 Å². The molecule has 7 nitrogen and oxygen atoms in total. The summed E-state index contributed by atoms with van der Waals surface area (Å²) in [4.78, 5) is 46.1. The molecule has 1 N–H and O–H groups in total. The summed E-state index contributed by atoms with van der Waals surface area (Å²) in [6.45, 7) is 2.72. The van der Waals surface area contributed by atoms with Crippen LogP contribution in [0.3, 0.4) is 0 Å². The molecule has 0 aliphatic carbocycles. The second-order valence-corrected chi connectivity index (χ2v) is 7.47. The van der Waals surface area contributed by atoms with Crippen molar-refractivity contribution < 1.29 is 9.59 Å². The summed E-state index contributed by atoms with van der Waals surface area (Å²) in [6.07, 6.45) is 4.24. The number of aromatic nitrogens is 3. The first-order valence-electron chi connectivity index (χ1n) is 9.79. The monoisotopic (exact) mass is 390 g/mol. The van der Waals surface area contributed by atoms with E-state index in [1.807, 2.05) is 0 Å². The van der Waals surface area contributed by atoms with Gasteiger partial charge in [-0.2, -0.15) is 0 Å². The Labute approximate surface area is 167 Å². The minimum absolute atomic E-state index is 0.0589. The lowest BCUT2D eigenvalue weighted by Gasteiger charge is -2.11. The fraction of sp³-hybridized carbons (Fsp3) is 0.318. The number of pyridine rings is 1. The van der Waals surface area contributed by atoms with Gasteiger partial charge in [-0.1, -0.05) is 13.0 Å². The van der Waals surface area contributed by atoms with Gasteiger partial charge >= 0.3 is 0 Å². The van der Waals surface area contributed by atoms with Crippen molar-refractivity contribution in [3.63, 3.8) is 0 Å². The average molecular weight is 390 g/mol. The third-order valence-corrected chi connectivity index (χ3v) is 5.36. The van der Waals surface area contributed by atoms with Gasteiger partial charge < -0.3 is 5.32 Å². The first-order valence-corrected chi connectivity index (χ1v) is 9.79. The number of benzene rings is 1. The van der Waals surface area contributed by atoms with Crippen LogP contribution >= 0.6 is 0 Å². The Hall–Kier alpha value is -3.35. The molecule has 0 fully saturated rings. The van der Waals surface area contributed by atoms with E-state index in [1.54, 1.807) is 41.0 Å². The van der Waals surface area contributed by atoms with Crippen molar-refractivity contribution in [1.82, 2.24) is 19.9 Å². The number of fused-ring (bicyclic) bond motifs is 2. The van der Waals surface area contributed by atoms with Gasteiger partial charge in [-0.3, -0.25) is 23.9 Å². The molecule has 1 unspecified atom stereocenters. The number of carbonyl (C=O) groups excluding carboxylic acids is 2. The molecule has 7 heteroatoms. The van der Waals surface area contributed by atoms with Crippen LogP contribution in [0.4, 0.5) is 0 Å². The molecule has 4 rings (SSSR count). The predicted molar refractivity (Wildman–Crippen MR) is 109 cm³/mol. The van der Waals surface area contributed by atoms with Gasteiger partial charge in [-0.05, 0) is 49.1 Å². The maximum Gasteiger partial charge on any atom is 0.261 e. The molecule has 1 aliphatic rings. The van der Waals surface area contributed by atoms with Crippen molar-refractivity contribution in [3.8, 4) is 0 Å². The standard InChI is InChI=1S/C22H22N4O3/c1-14-5-8-20-25-18-12-15(6-7-16(18)22(29)26(20)11-9-14)21(28)24-13-19(27)17-4-2-3-10-23-17/h2-4,6-7,10,12,14H,5,8-9,11,13H2,1H3,(H,24,28). The van der Waals surface area contributed by atoms with Crippen molar-refractivity contribution in [2.24, 2.45) is 5.92 Å². The van der Waals surface area contributed by atoms with Gasteiger partial charge in [-0.25, -0.2) is 4.98 Å². The Morgan fingerprint density at radius 2 is 2.07 bits per heavy atom. The number of carbonyl (C=O) groups is 2. The van der Waals surface area contributed by atoms with E-state index in [2.05, 4.69) is 22.2 Å². The molecule has 3 aromatic rings. The smallest absolute Gasteiger partial charge is 0.261 e. The fourth-order valence-corrected chi connectivity index (χ4v) is 3.58. The number of hydrogen-bond acceptors (Lipinski definition) is 5. The molecule has 0 saturated heterocycles. The predicted octanol–water partition coefficient (Wildman–Crippen LogP) is 2.38. The number of hydrogen-bond donors (Lipinski definition) is 1. The van der Waals surface area contributed by atoms with Gasteiger partial charge in [-0.15, -0.1) is 0 Å². The highest BCUT2D eigenvalue weighted by Crippen LogP contribution is 2.19. The van der Waals surface area contributed by atoms with Gasteiger partial charge in [0, 0.05) is 24.7 Å². The SMILES string of the molecule is CC1CCc2nc3cc(C(=O)NCC(=O)c4ccccn4)ccc3c(=O)n2CC1. The van der Waals surface area contributed by atoms with Crippen molar-refractivity contribution >= 4 is 22.6 Å². The number of Topliss-reactive ketones (excluding diaryl/α,β-unsaturated/α-hetero) is 1. The number of ketones is 1. The molecule has 1 aliphatic heterocycles. The summed E-state index contributed by atoms with van der Waals surface area (Å²) < 4.78 is 1.76. The maximum absolute atomic E-state index is 12.9. The minimum atomic E-state index is -0.387. The molecular formula is C22H22N4O3. The van der Waals surface area contributed by atoms with Crippen LogP contribution in [0.5, 0.6) is 0 Å². The first-order chi connectivity index (χ1) is 14.0. The van der Waals surface area contributed by atoms with E-state index in [-0.39, 0.29) is 23.8 Å². The number of aryl methyl sites for hydroxylation is 1. The molecule has 0 radical (unpaired) electrons. The molecule has 2 aromatic heterocycles. The topological polar surface area (TPSA) is 94.0 Å². The number of nitrogens with one attached hydrogen (secondary N) is 1. The molecule has 1 aromatic carbocycles. The second kappa shape index (κ2) is 7.95. The molecule has 148 valence electrons.